The quantitative estimate of drug-likeness (QED) is 0.254. The van der Waals surface area contributed by atoms with Crippen LogP contribution in [0, 0.1) is 0 Å². The maximum absolute atomic E-state index is 11.6. The summed E-state index contributed by atoms with van der Waals surface area (Å²) >= 11 is 1.05. The van der Waals surface area contributed by atoms with Crippen LogP contribution in [0.15, 0.2) is 42.6 Å². The predicted octanol–water partition coefficient (Wildman–Crippen LogP) is 1.08. The van der Waals surface area contributed by atoms with Crippen LogP contribution >= 0.6 is 11.8 Å². The van der Waals surface area contributed by atoms with E-state index in [1.807, 2.05) is 36.5 Å². The Balaban J connectivity index is 0.000000367. The topological polar surface area (TPSA) is 172 Å². The van der Waals surface area contributed by atoms with Crippen LogP contribution in [0.1, 0.15) is 23.7 Å². The standard InChI is InChI=1S/C19H20N2O3S.C4H6O6/c1-2-13-3-6-15(20-12-13)9-10-24-16-7-4-14(5-8-16)11-17-18(22)21-19(23)25-17;5-1-10-4(9)2(6)3(7)8/h3-8,12,17H,2,9-11H2,1H3,(H,21,22,23);1-2,4,6,9H,(H,7,8)/t17-;2-,4-/m11/s1. The molecule has 3 rings (SSSR count). The number of carbonyl (C=O) groups excluding carboxylic acids is 3. The van der Waals surface area contributed by atoms with Crippen molar-refractivity contribution in [2.45, 2.75) is 43.8 Å². The Hall–Kier alpha value is -3.48. The van der Waals surface area contributed by atoms with Gasteiger partial charge in [0.2, 0.25) is 18.3 Å². The minimum absolute atomic E-state index is 0.156. The number of rotatable bonds is 11. The number of aliphatic carboxylic acids is 1. The van der Waals surface area contributed by atoms with Crippen molar-refractivity contribution in [1.29, 1.82) is 0 Å². The fraction of sp³-hybridized carbons (Fsp3) is 0.348. The fourth-order valence-corrected chi connectivity index (χ4v) is 3.66. The number of carboxylic acids is 1. The summed E-state index contributed by atoms with van der Waals surface area (Å²) in [6.45, 7) is 2.52. The summed E-state index contributed by atoms with van der Waals surface area (Å²) in [6, 6.07) is 11.8. The number of aromatic nitrogens is 1. The second kappa shape index (κ2) is 14.0. The number of hydrogen-bond donors (Lipinski definition) is 4. The number of benzene rings is 1. The molecule has 11 nitrogen and oxygen atoms in total. The zero-order valence-corrected chi connectivity index (χ0v) is 19.6. The molecule has 2 amide bonds. The van der Waals surface area contributed by atoms with E-state index in [4.69, 9.17) is 20.1 Å². The van der Waals surface area contributed by atoms with Gasteiger partial charge in [0.25, 0.3) is 11.7 Å². The maximum atomic E-state index is 11.6. The number of nitrogens with zero attached hydrogens (tertiary/aromatic N) is 1. The van der Waals surface area contributed by atoms with Crippen LogP contribution in [0.5, 0.6) is 5.75 Å². The van der Waals surface area contributed by atoms with Gasteiger partial charge in [-0.3, -0.25) is 24.7 Å². The highest BCUT2D eigenvalue weighted by Gasteiger charge is 2.31. The third kappa shape index (κ3) is 9.35. The molecule has 0 spiro atoms. The molecule has 12 heteroatoms. The molecular formula is C23H26N2O9S. The Bertz CT molecular complexity index is 999. The van der Waals surface area contributed by atoms with E-state index in [1.54, 1.807) is 0 Å². The maximum Gasteiger partial charge on any atom is 0.339 e. The van der Waals surface area contributed by atoms with Crippen LogP contribution < -0.4 is 10.1 Å². The van der Waals surface area contributed by atoms with Gasteiger partial charge in [0.1, 0.15) is 5.75 Å². The number of imide groups is 1. The third-order valence-electron chi connectivity index (χ3n) is 4.75. The lowest BCUT2D eigenvalue weighted by Crippen LogP contribution is -2.35. The highest BCUT2D eigenvalue weighted by molar-refractivity contribution is 8.15. The Kier molecular flexibility index (Phi) is 11.1. The molecule has 2 aromatic rings. The molecule has 35 heavy (non-hydrogen) atoms. The lowest BCUT2D eigenvalue weighted by atomic mass is 10.1. The van der Waals surface area contributed by atoms with Crippen LogP contribution in [0.25, 0.3) is 0 Å². The van der Waals surface area contributed by atoms with Crippen LogP contribution in [0.3, 0.4) is 0 Å². The molecule has 1 saturated heterocycles. The zero-order chi connectivity index (χ0) is 25.8. The molecule has 0 saturated carbocycles. The second-order valence-corrected chi connectivity index (χ2v) is 8.42. The summed E-state index contributed by atoms with van der Waals surface area (Å²) in [4.78, 5) is 46.5. The van der Waals surface area contributed by atoms with Gasteiger partial charge < -0.3 is 24.8 Å². The number of nitrogens with one attached hydrogen (secondary N) is 1. The molecule has 3 atom stereocenters. The van der Waals surface area contributed by atoms with Crippen molar-refractivity contribution in [1.82, 2.24) is 10.3 Å². The van der Waals surface area contributed by atoms with Crippen LogP contribution in [0.4, 0.5) is 4.79 Å². The SMILES string of the molecule is CCc1ccc(CCOc2ccc(C[C@H]3SC(=O)NC3=O)cc2)nc1.O=CO[C@@H](O)[C@H](O)C(=O)O. The van der Waals surface area contributed by atoms with Crippen molar-refractivity contribution < 1.29 is 44.0 Å². The largest absolute Gasteiger partial charge is 0.493 e. The van der Waals surface area contributed by atoms with E-state index < -0.39 is 18.4 Å². The van der Waals surface area contributed by atoms with E-state index in [2.05, 4.69) is 28.0 Å². The summed E-state index contributed by atoms with van der Waals surface area (Å²) < 4.78 is 9.46. The first-order valence-electron chi connectivity index (χ1n) is 10.6. The summed E-state index contributed by atoms with van der Waals surface area (Å²) in [5.41, 5.74) is 3.25. The minimum atomic E-state index is -2.09. The van der Waals surface area contributed by atoms with E-state index in [0.717, 1.165) is 41.6 Å². The Morgan fingerprint density at radius 3 is 2.37 bits per heavy atom. The van der Waals surface area contributed by atoms with E-state index in [1.165, 1.54) is 5.56 Å². The lowest BCUT2D eigenvalue weighted by Gasteiger charge is -2.10. The Morgan fingerprint density at radius 1 is 1.17 bits per heavy atom. The minimum Gasteiger partial charge on any atom is -0.493 e. The fourth-order valence-electron chi connectivity index (χ4n) is 2.80. The van der Waals surface area contributed by atoms with Crippen LogP contribution in [0.2, 0.25) is 0 Å². The molecule has 1 aliphatic heterocycles. The number of carboxylic acid groups (broad SMARTS) is 1. The molecule has 0 radical (unpaired) electrons. The average Bonchev–Trinajstić information content (AvgIpc) is 3.16. The summed E-state index contributed by atoms with van der Waals surface area (Å²) in [5.74, 6) is -1.08. The summed E-state index contributed by atoms with van der Waals surface area (Å²) in [6.07, 6.45) is 0.0977. The molecular weight excluding hydrogens is 480 g/mol. The Labute approximate surface area is 205 Å². The number of aliphatic hydroxyl groups excluding tert-OH is 2. The van der Waals surface area contributed by atoms with Gasteiger partial charge >= 0.3 is 5.97 Å². The van der Waals surface area contributed by atoms with Gasteiger partial charge in [-0.2, -0.15) is 0 Å². The van der Waals surface area contributed by atoms with Gasteiger partial charge in [0.15, 0.2) is 0 Å². The number of aryl methyl sites for hydroxylation is 1. The Morgan fingerprint density at radius 2 is 1.86 bits per heavy atom. The van der Waals surface area contributed by atoms with Crippen molar-refractivity contribution in [3.8, 4) is 5.75 Å². The first kappa shape index (κ1) is 27.8. The van der Waals surface area contributed by atoms with Gasteiger partial charge in [-0.1, -0.05) is 36.9 Å². The monoisotopic (exact) mass is 506 g/mol. The second-order valence-electron chi connectivity index (χ2n) is 7.25. The van der Waals surface area contributed by atoms with Crippen molar-refractivity contribution in [3.63, 3.8) is 0 Å². The molecule has 1 fully saturated rings. The number of thioether (sulfide) groups is 1. The number of aliphatic hydroxyl groups is 2. The molecule has 0 aliphatic carbocycles. The van der Waals surface area contributed by atoms with Crippen molar-refractivity contribution >= 4 is 35.3 Å². The first-order valence-corrected chi connectivity index (χ1v) is 11.5. The average molecular weight is 507 g/mol. The third-order valence-corrected chi connectivity index (χ3v) is 5.73. The van der Waals surface area contributed by atoms with Crippen molar-refractivity contribution in [3.05, 3.63) is 59.4 Å². The van der Waals surface area contributed by atoms with Gasteiger partial charge in [-0.25, -0.2) is 4.79 Å². The van der Waals surface area contributed by atoms with Crippen LogP contribution in [-0.4, -0.2) is 68.1 Å². The van der Waals surface area contributed by atoms with Gasteiger partial charge in [0, 0.05) is 18.3 Å². The number of amides is 2. The van der Waals surface area contributed by atoms with Gasteiger partial charge in [0.05, 0.1) is 11.9 Å². The van der Waals surface area contributed by atoms with Crippen molar-refractivity contribution in [2.75, 3.05) is 6.61 Å². The highest BCUT2D eigenvalue weighted by Crippen LogP contribution is 2.23. The molecule has 2 heterocycles. The first-order chi connectivity index (χ1) is 16.7. The predicted molar refractivity (Wildman–Crippen MR) is 125 cm³/mol. The lowest BCUT2D eigenvalue weighted by molar-refractivity contribution is -0.185. The highest BCUT2D eigenvalue weighted by atomic mass is 32.2. The van der Waals surface area contributed by atoms with Gasteiger partial charge in [-0.15, -0.1) is 0 Å². The normalized spacial score (nSPS) is 16.4. The molecule has 188 valence electrons. The number of hydrogen-bond acceptors (Lipinski definition) is 10. The molecule has 0 bridgehead atoms. The number of carbonyl (C=O) groups is 4. The summed E-state index contributed by atoms with van der Waals surface area (Å²) in [5, 5.41) is 26.5. The summed E-state index contributed by atoms with van der Waals surface area (Å²) in [7, 11) is 0. The molecule has 1 aliphatic rings. The smallest absolute Gasteiger partial charge is 0.339 e. The van der Waals surface area contributed by atoms with E-state index in [0.29, 0.717) is 13.0 Å². The van der Waals surface area contributed by atoms with E-state index >= 15 is 0 Å². The van der Waals surface area contributed by atoms with Crippen LogP contribution in [-0.2, 0) is 38.4 Å². The molecule has 4 N–H and O–H groups in total. The number of ether oxygens (including phenoxy) is 2. The molecule has 0 unspecified atom stereocenters. The van der Waals surface area contributed by atoms with Crippen molar-refractivity contribution in [2.24, 2.45) is 0 Å². The van der Waals surface area contributed by atoms with Gasteiger partial charge in [-0.05, 0) is 42.2 Å². The van der Waals surface area contributed by atoms with E-state index in [-0.39, 0.29) is 22.9 Å². The number of pyridine rings is 1. The molecule has 1 aromatic carbocycles. The van der Waals surface area contributed by atoms with E-state index in [9.17, 15) is 19.2 Å². The zero-order valence-electron chi connectivity index (χ0n) is 18.8. The molecule has 1 aromatic heterocycles.